The molecule has 0 bridgehead atoms. The number of aryl methyl sites for hydroxylation is 1. The quantitative estimate of drug-likeness (QED) is 0.637. The van der Waals surface area contributed by atoms with Crippen LogP contribution in [0.1, 0.15) is 5.56 Å². The zero-order chi connectivity index (χ0) is 13.7. The Labute approximate surface area is 106 Å². The molecule has 0 saturated heterocycles. The molecule has 5 N–H and O–H groups in total. The summed E-state index contributed by atoms with van der Waals surface area (Å²) >= 11 is 0. The van der Waals surface area contributed by atoms with E-state index in [1.165, 1.54) is 4.90 Å². The molecule has 0 aliphatic rings. The standard InChI is InChI=1S/C12H18N4O2/c1-8-4-3-5-9(13)12(8)15-11(18)7-16(2)6-10(14)17/h3-5H,6-7,13H2,1-2H3,(H2,14,17)(H,15,18). The van der Waals surface area contributed by atoms with Gasteiger partial charge >= 0.3 is 0 Å². The summed E-state index contributed by atoms with van der Waals surface area (Å²) in [6.07, 6.45) is 0. The van der Waals surface area contributed by atoms with E-state index in [4.69, 9.17) is 11.5 Å². The van der Waals surface area contributed by atoms with Crippen LogP contribution in [0.3, 0.4) is 0 Å². The fraction of sp³-hybridized carbons (Fsp3) is 0.333. The van der Waals surface area contributed by atoms with Crippen LogP contribution in [0.15, 0.2) is 18.2 Å². The van der Waals surface area contributed by atoms with E-state index in [1.54, 1.807) is 13.1 Å². The molecular formula is C12H18N4O2. The molecule has 0 spiro atoms. The summed E-state index contributed by atoms with van der Waals surface area (Å²) in [6, 6.07) is 5.40. The molecule has 0 aromatic heterocycles. The third kappa shape index (κ3) is 4.06. The largest absolute Gasteiger partial charge is 0.397 e. The first-order chi connectivity index (χ1) is 8.40. The van der Waals surface area contributed by atoms with E-state index < -0.39 is 5.91 Å². The van der Waals surface area contributed by atoms with Crippen molar-refractivity contribution in [3.63, 3.8) is 0 Å². The van der Waals surface area contributed by atoms with Crippen molar-refractivity contribution in [3.05, 3.63) is 23.8 Å². The van der Waals surface area contributed by atoms with Gasteiger partial charge in [-0.3, -0.25) is 14.5 Å². The van der Waals surface area contributed by atoms with Crippen molar-refractivity contribution in [2.24, 2.45) is 5.73 Å². The Bertz CT molecular complexity index is 439. The van der Waals surface area contributed by atoms with Gasteiger partial charge in [0.25, 0.3) is 0 Å². The van der Waals surface area contributed by atoms with E-state index in [9.17, 15) is 9.59 Å². The summed E-state index contributed by atoms with van der Waals surface area (Å²) in [5.74, 6) is -0.708. The molecule has 2 amide bonds. The minimum absolute atomic E-state index is 0.0384. The Morgan fingerprint density at radius 2 is 2.00 bits per heavy atom. The zero-order valence-electron chi connectivity index (χ0n) is 10.6. The number of hydrogen-bond acceptors (Lipinski definition) is 4. The second-order valence-corrected chi connectivity index (χ2v) is 4.23. The number of carbonyl (C=O) groups is 2. The van der Waals surface area contributed by atoms with Gasteiger partial charge in [-0.2, -0.15) is 0 Å². The summed E-state index contributed by atoms with van der Waals surface area (Å²) < 4.78 is 0. The first kappa shape index (κ1) is 14.0. The van der Waals surface area contributed by atoms with Crippen molar-refractivity contribution < 1.29 is 9.59 Å². The van der Waals surface area contributed by atoms with Crippen molar-refractivity contribution in [1.82, 2.24) is 4.90 Å². The van der Waals surface area contributed by atoms with Crippen LogP contribution in [0, 0.1) is 6.92 Å². The van der Waals surface area contributed by atoms with Crippen LogP contribution in [0.2, 0.25) is 0 Å². The predicted octanol–water partition coefficient (Wildman–Crippen LogP) is -0.0672. The number of likely N-dealkylation sites (N-methyl/N-ethyl adjacent to an activating group) is 1. The number of nitrogens with one attached hydrogen (secondary N) is 1. The first-order valence-corrected chi connectivity index (χ1v) is 5.52. The van der Waals surface area contributed by atoms with Crippen molar-refractivity contribution in [2.45, 2.75) is 6.92 Å². The third-order valence-corrected chi connectivity index (χ3v) is 2.41. The minimum Gasteiger partial charge on any atom is -0.397 e. The molecule has 1 rings (SSSR count). The van der Waals surface area contributed by atoms with Gasteiger partial charge in [-0.1, -0.05) is 12.1 Å². The van der Waals surface area contributed by atoms with E-state index in [0.717, 1.165) is 5.56 Å². The highest BCUT2D eigenvalue weighted by atomic mass is 16.2. The van der Waals surface area contributed by atoms with E-state index in [0.29, 0.717) is 11.4 Å². The summed E-state index contributed by atoms with van der Waals surface area (Å²) in [6.45, 7) is 1.98. The summed E-state index contributed by atoms with van der Waals surface area (Å²) in [4.78, 5) is 24.0. The molecular weight excluding hydrogens is 232 g/mol. The lowest BCUT2D eigenvalue weighted by Crippen LogP contribution is -2.36. The van der Waals surface area contributed by atoms with Gasteiger partial charge < -0.3 is 16.8 Å². The smallest absolute Gasteiger partial charge is 0.238 e. The topological polar surface area (TPSA) is 101 Å². The van der Waals surface area contributed by atoms with E-state index in [2.05, 4.69) is 5.32 Å². The number of carbonyl (C=O) groups excluding carboxylic acids is 2. The van der Waals surface area contributed by atoms with Crippen molar-refractivity contribution >= 4 is 23.2 Å². The molecule has 0 atom stereocenters. The van der Waals surface area contributed by atoms with Crippen molar-refractivity contribution in [2.75, 3.05) is 31.2 Å². The zero-order valence-corrected chi connectivity index (χ0v) is 10.6. The predicted molar refractivity (Wildman–Crippen MR) is 70.9 cm³/mol. The fourth-order valence-electron chi connectivity index (χ4n) is 1.61. The lowest BCUT2D eigenvalue weighted by atomic mass is 10.1. The molecule has 6 heteroatoms. The molecule has 6 nitrogen and oxygen atoms in total. The molecule has 98 valence electrons. The maximum Gasteiger partial charge on any atom is 0.238 e. The maximum absolute atomic E-state index is 11.7. The Morgan fingerprint density at radius 3 is 2.56 bits per heavy atom. The van der Waals surface area contributed by atoms with Crippen LogP contribution in [-0.2, 0) is 9.59 Å². The van der Waals surface area contributed by atoms with Crippen LogP contribution in [-0.4, -0.2) is 36.9 Å². The van der Waals surface area contributed by atoms with Crippen LogP contribution >= 0.6 is 0 Å². The van der Waals surface area contributed by atoms with Gasteiger partial charge in [-0.05, 0) is 25.6 Å². The molecule has 0 fully saturated rings. The fourth-order valence-corrected chi connectivity index (χ4v) is 1.61. The van der Waals surface area contributed by atoms with E-state index in [1.807, 2.05) is 19.1 Å². The van der Waals surface area contributed by atoms with Crippen LogP contribution in [0.4, 0.5) is 11.4 Å². The van der Waals surface area contributed by atoms with Crippen LogP contribution in [0.5, 0.6) is 0 Å². The Balaban J connectivity index is 2.62. The lowest BCUT2D eigenvalue weighted by molar-refractivity contribution is -0.120. The van der Waals surface area contributed by atoms with Crippen molar-refractivity contribution in [3.8, 4) is 0 Å². The Morgan fingerprint density at radius 1 is 1.33 bits per heavy atom. The number of primary amides is 1. The number of para-hydroxylation sites is 1. The monoisotopic (exact) mass is 250 g/mol. The minimum atomic E-state index is -0.472. The number of nitrogen functional groups attached to an aromatic ring is 1. The van der Waals surface area contributed by atoms with Crippen molar-refractivity contribution in [1.29, 1.82) is 0 Å². The number of nitrogens with two attached hydrogens (primary N) is 2. The van der Waals surface area contributed by atoms with E-state index in [-0.39, 0.29) is 19.0 Å². The number of amides is 2. The lowest BCUT2D eigenvalue weighted by Gasteiger charge is -2.16. The second-order valence-electron chi connectivity index (χ2n) is 4.23. The summed E-state index contributed by atoms with van der Waals surface area (Å²) in [7, 11) is 1.64. The van der Waals surface area contributed by atoms with Gasteiger partial charge in [0.05, 0.1) is 24.5 Å². The highest BCUT2D eigenvalue weighted by molar-refractivity contribution is 5.96. The average Bonchev–Trinajstić information content (AvgIpc) is 2.22. The highest BCUT2D eigenvalue weighted by Gasteiger charge is 2.11. The average molecular weight is 250 g/mol. The second kappa shape index (κ2) is 6.02. The van der Waals surface area contributed by atoms with Gasteiger partial charge in [0.15, 0.2) is 0 Å². The number of nitrogens with zero attached hydrogens (tertiary/aromatic N) is 1. The Kier molecular flexibility index (Phi) is 4.67. The van der Waals surface area contributed by atoms with Gasteiger partial charge in [0, 0.05) is 0 Å². The summed E-state index contributed by atoms with van der Waals surface area (Å²) in [5, 5.41) is 2.72. The Hall–Kier alpha value is -2.08. The molecule has 0 aliphatic heterocycles. The molecule has 18 heavy (non-hydrogen) atoms. The van der Waals surface area contributed by atoms with E-state index >= 15 is 0 Å². The number of rotatable bonds is 5. The maximum atomic E-state index is 11.7. The number of hydrogen-bond donors (Lipinski definition) is 3. The molecule has 0 heterocycles. The normalized spacial score (nSPS) is 10.4. The van der Waals surface area contributed by atoms with Gasteiger partial charge in [0.1, 0.15) is 0 Å². The first-order valence-electron chi connectivity index (χ1n) is 5.52. The van der Waals surface area contributed by atoms with Crippen LogP contribution < -0.4 is 16.8 Å². The highest BCUT2D eigenvalue weighted by Crippen LogP contribution is 2.22. The third-order valence-electron chi connectivity index (χ3n) is 2.41. The van der Waals surface area contributed by atoms with Gasteiger partial charge in [-0.25, -0.2) is 0 Å². The van der Waals surface area contributed by atoms with Gasteiger partial charge in [0.2, 0.25) is 11.8 Å². The van der Waals surface area contributed by atoms with Gasteiger partial charge in [-0.15, -0.1) is 0 Å². The molecule has 0 aliphatic carbocycles. The molecule has 1 aromatic rings. The SMILES string of the molecule is Cc1cccc(N)c1NC(=O)CN(C)CC(N)=O. The summed E-state index contributed by atoms with van der Waals surface area (Å²) in [5.41, 5.74) is 12.8. The molecule has 0 radical (unpaired) electrons. The molecule has 0 saturated carbocycles. The number of benzene rings is 1. The number of anilines is 2. The van der Waals surface area contributed by atoms with Crippen LogP contribution in [0.25, 0.3) is 0 Å². The molecule has 0 unspecified atom stereocenters. The molecule has 1 aromatic carbocycles.